The number of nitrogens with zero attached hydrogens (tertiary/aromatic N) is 1. The summed E-state index contributed by atoms with van der Waals surface area (Å²) in [5.74, 6) is 1.57. The lowest BCUT2D eigenvalue weighted by Gasteiger charge is -2.19. The first kappa shape index (κ1) is 14.7. The number of benzene rings is 1. The van der Waals surface area contributed by atoms with E-state index in [1.165, 1.54) is 0 Å². The molecule has 5 heteroatoms. The Kier molecular flexibility index (Phi) is 5.38. The summed E-state index contributed by atoms with van der Waals surface area (Å²) < 4.78 is 11.6. The topological polar surface area (TPSA) is 47.9 Å². The van der Waals surface area contributed by atoms with Crippen molar-refractivity contribution >= 4 is 22.0 Å². The summed E-state index contributed by atoms with van der Waals surface area (Å²) in [6.07, 6.45) is 1.56. The molecule has 0 aliphatic carbocycles. The highest BCUT2D eigenvalue weighted by molar-refractivity contribution is 9.10. The fourth-order valence-corrected chi connectivity index (χ4v) is 2.57. The molecule has 0 radical (unpaired) electrons. The standard InChI is InChI=1S/C13H16BrNO3/c1-8(2)11-9(6-15-7-16)5-10(14)12(17-3)13(11)18-4/h5,8H,6H2,1-4H3. The molecule has 0 heterocycles. The van der Waals surface area contributed by atoms with Crippen molar-refractivity contribution in [2.24, 2.45) is 4.99 Å². The minimum absolute atomic E-state index is 0.235. The van der Waals surface area contributed by atoms with Crippen LogP contribution in [-0.2, 0) is 11.3 Å². The Labute approximate surface area is 115 Å². The van der Waals surface area contributed by atoms with E-state index in [0.717, 1.165) is 15.6 Å². The van der Waals surface area contributed by atoms with Crippen LogP contribution in [0.25, 0.3) is 0 Å². The van der Waals surface area contributed by atoms with Crippen LogP contribution >= 0.6 is 15.9 Å². The van der Waals surface area contributed by atoms with Crippen molar-refractivity contribution in [2.45, 2.75) is 26.3 Å². The second-order valence-corrected chi connectivity index (χ2v) is 4.91. The zero-order valence-electron chi connectivity index (χ0n) is 10.9. The maximum atomic E-state index is 10.3. The number of rotatable bonds is 5. The second-order valence-electron chi connectivity index (χ2n) is 4.06. The Morgan fingerprint density at radius 3 is 2.39 bits per heavy atom. The number of hydrogen-bond acceptors (Lipinski definition) is 4. The highest BCUT2D eigenvalue weighted by Crippen LogP contribution is 2.43. The quantitative estimate of drug-likeness (QED) is 0.618. The number of methoxy groups -OCH3 is 2. The Morgan fingerprint density at radius 1 is 1.33 bits per heavy atom. The number of isocyanates is 1. The Balaban J connectivity index is 3.51. The Hall–Kier alpha value is -1.32. The molecule has 0 aliphatic rings. The maximum absolute atomic E-state index is 10.3. The van der Waals surface area contributed by atoms with Gasteiger partial charge in [0.1, 0.15) is 0 Å². The lowest BCUT2D eigenvalue weighted by Crippen LogP contribution is -2.03. The molecule has 0 unspecified atom stereocenters. The summed E-state index contributed by atoms with van der Waals surface area (Å²) >= 11 is 3.43. The molecule has 0 saturated carbocycles. The highest BCUT2D eigenvalue weighted by atomic mass is 79.9. The van der Waals surface area contributed by atoms with Crippen LogP contribution in [0.2, 0.25) is 0 Å². The molecule has 0 N–H and O–H groups in total. The monoisotopic (exact) mass is 313 g/mol. The summed E-state index contributed by atoms with van der Waals surface area (Å²) in [4.78, 5) is 13.9. The lowest BCUT2D eigenvalue weighted by molar-refractivity contribution is 0.348. The molecule has 0 amide bonds. The normalized spacial score (nSPS) is 10.1. The van der Waals surface area contributed by atoms with Gasteiger partial charge in [0.05, 0.1) is 25.2 Å². The third-order valence-corrected chi connectivity index (χ3v) is 3.20. The summed E-state index contributed by atoms with van der Waals surface area (Å²) in [7, 11) is 3.19. The van der Waals surface area contributed by atoms with E-state index in [4.69, 9.17) is 9.47 Å². The molecule has 1 aromatic rings. The van der Waals surface area contributed by atoms with Gasteiger partial charge in [-0.1, -0.05) is 13.8 Å². The van der Waals surface area contributed by atoms with Gasteiger partial charge in [-0.15, -0.1) is 0 Å². The van der Waals surface area contributed by atoms with Crippen LogP contribution in [0.4, 0.5) is 0 Å². The first-order valence-corrected chi connectivity index (χ1v) is 6.32. The molecule has 4 nitrogen and oxygen atoms in total. The molecule has 0 fully saturated rings. The molecule has 0 aromatic heterocycles. The molecule has 1 aromatic carbocycles. The van der Waals surface area contributed by atoms with Crippen LogP contribution in [-0.4, -0.2) is 20.3 Å². The first-order chi connectivity index (χ1) is 8.56. The van der Waals surface area contributed by atoms with Crippen LogP contribution in [0.5, 0.6) is 11.5 Å². The molecule has 0 spiro atoms. The van der Waals surface area contributed by atoms with E-state index < -0.39 is 0 Å². The number of carbonyl (C=O) groups excluding carboxylic acids is 1. The van der Waals surface area contributed by atoms with Crippen LogP contribution in [0.3, 0.4) is 0 Å². The van der Waals surface area contributed by atoms with Gasteiger partial charge in [-0.05, 0) is 33.5 Å². The van der Waals surface area contributed by atoms with Gasteiger partial charge in [0.25, 0.3) is 0 Å². The second kappa shape index (κ2) is 6.57. The summed E-state index contributed by atoms with van der Waals surface area (Å²) in [6.45, 7) is 4.40. The van der Waals surface area contributed by atoms with E-state index in [9.17, 15) is 4.79 Å². The molecule has 0 saturated heterocycles. The maximum Gasteiger partial charge on any atom is 0.235 e. The zero-order valence-corrected chi connectivity index (χ0v) is 12.5. The van der Waals surface area contributed by atoms with E-state index in [-0.39, 0.29) is 12.5 Å². The summed E-state index contributed by atoms with van der Waals surface area (Å²) in [5.41, 5.74) is 1.93. The largest absolute Gasteiger partial charge is 0.493 e. The van der Waals surface area contributed by atoms with Gasteiger partial charge in [-0.25, -0.2) is 9.79 Å². The van der Waals surface area contributed by atoms with E-state index in [2.05, 4.69) is 34.8 Å². The summed E-state index contributed by atoms with van der Waals surface area (Å²) in [6, 6.07) is 1.90. The van der Waals surface area contributed by atoms with Gasteiger partial charge in [-0.3, -0.25) is 0 Å². The minimum Gasteiger partial charge on any atom is -0.493 e. The van der Waals surface area contributed by atoms with Crippen molar-refractivity contribution in [2.75, 3.05) is 14.2 Å². The number of ether oxygens (including phenoxy) is 2. The fraction of sp³-hybridized carbons (Fsp3) is 0.462. The van der Waals surface area contributed by atoms with Gasteiger partial charge >= 0.3 is 0 Å². The Bertz CT molecular complexity index is 480. The third kappa shape index (κ3) is 2.92. The molecular weight excluding hydrogens is 298 g/mol. The molecule has 1 rings (SSSR count). The van der Waals surface area contributed by atoms with Crippen LogP contribution < -0.4 is 9.47 Å². The Morgan fingerprint density at radius 2 is 1.94 bits per heavy atom. The van der Waals surface area contributed by atoms with E-state index in [1.807, 2.05) is 6.07 Å². The molecular formula is C13H16BrNO3. The SMILES string of the molecule is COc1c(Br)cc(CN=C=O)c(C(C)C)c1OC. The molecule has 98 valence electrons. The van der Waals surface area contributed by atoms with Crippen molar-refractivity contribution in [1.82, 2.24) is 0 Å². The zero-order chi connectivity index (χ0) is 13.7. The van der Waals surface area contributed by atoms with E-state index in [1.54, 1.807) is 20.3 Å². The van der Waals surface area contributed by atoms with Crippen molar-refractivity contribution in [3.8, 4) is 11.5 Å². The van der Waals surface area contributed by atoms with Crippen molar-refractivity contribution in [1.29, 1.82) is 0 Å². The van der Waals surface area contributed by atoms with Gasteiger partial charge in [0, 0.05) is 5.56 Å². The van der Waals surface area contributed by atoms with Crippen LogP contribution in [0, 0.1) is 0 Å². The first-order valence-electron chi connectivity index (χ1n) is 5.53. The van der Waals surface area contributed by atoms with Crippen LogP contribution in [0.15, 0.2) is 15.5 Å². The van der Waals surface area contributed by atoms with Gasteiger partial charge in [0.15, 0.2) is 11.5 Å². The van der Waals surface area contributed by atoms with Gasteiger partial charge in [0.2, 0.25) is 6.08 Å². The van der Waals surface area contributed by atoms with Crippen LogP contribution in [0.1, 0.15) is 30.9 Å². The number of halogens is 1. The minimum atomic E-state index is 0.235. The molecule has 0 atom stereocenters. The molecule has 0 aliphatic heterocycles. The predicted molar refractivity (Wildman–Crippen MR) is 73.2 cm³/mol. The average Bonchev–Trinajstić information content (AvgIpc) is 2.34. The predicted octanol–water partition coefficient (Wildman–Crippen LogP) is 3.43. The molecule has 18 heavy (non-hydrogen) atoms. The van der Waals surface area contributed by atoms with E-state index >= 15 is 0 Å². The number of aliphatic imine (C=N–C) groups is 1. The van der Waals surface area contributed by atoms with Gasteiger partial charge in [-0.2, -0.15) is 0 Å². The molecule has 0 bridgehead atoms. The highest BCUT2D eigenvalue weighted by Gasteiger charge is 2.20. The summed E-state index contributed by atoms with van der Waals surface area (Å²) in [5, 5.41) is 0. The van der Waals surface area contributed by atoms with Crippen molar-refractivity contribution < 1.29 is 14.3 Å². The lowest BCUT2D eigenvalue weighted by atomic mass is 9.95. The fourth-order valence-electron chi connectivity index (χ4n) is 1.95. The smallest absolute Gasteiger partial charge is 0.235 e. The third-order valence-electron chi connectivity index (χ3n) is 2.61. The number of hydrogen-bond donors (Lipinski definition) is 0. The van der Waals surface area contributed by atoms with Crippen molar-refractivity contribution in [3.63, 3.8) is 0 Å². The van der Waals surface area contributed by atoms with Crippen molar-refractivity contribution in [3.05, 3.63) is 21.7 Å². The van der Waals surface area contributed by atoms with E-state index in [0.29, 0.717) is 11.5 Å². The van der Waals surface area contributed by atoms with Gasteiger partial charge < -0.3 is 9.47 Å². The average molecular weight is 314 g/mol.